The van der Waals surface area contributed by atoms with Crippen LogP contribution >= 0.6 is 0 Å². The van der Waals surface area contributed by atoms with Crippen molar-refractivity contribution in [3.05, 3.63) is 41.8 Å². The normalized spacial score (nSPS) is 22.4. The van der Waals surface area contributed by atoms with Gasteiger partial charge in [0.1, 0.15) is 17.3 Å². The number of para-hydroxylation sites is 1. The van der Waals surface area contributed by atoms with E-state index in [0.29, 0.717) is 6.34 Å². The highest BCUT2D eigenvalue weighted by molar-refractivity contribution is 8.07. The van der Waals surface area contributed by atoms with Gasteiger partial charge in [0.15, 0.2) is 0 Å². The Hall–Kier alpha value is -2.73. The number of benzene rings is 1. The molecule has 3 rings (SSSR count). The molecule has 0 saturated heterocycles. The number of rotatable bonds is 3. The molecule has 126 valence electrons. The molecule has 12 heteroatoms. The van der Waals surface area contributed by atoms with Crippen LogP contribution in [0.3, 0.4) is 0 Å². The first-order chi connectivity index (χ1) is 11.2. The summed E-state index contributed by atoms with van der Waals surface area (Å²) < 4.78 is 72.4. The third-order valence-electron chi connectivity index (χ3n) is 3.00. The quantitative estimate of drug-likeness (QED) is 0.830. The minimum Gasteiger partial charge on any atom is -0.481 e. The average Bonchev–Trinajstić information content (AvgIpc) is 2.88. The molecule has 0 amide bonds. The van der Waals surface area contributed by atoms with E-state index in [9.17, 15) is 21.7 Å². The van der Waals surface area contributed by atoms with E-state index < -0.39 is 43.2 Å². The Kier molecular flexibility index (Phi) is 3.64. The second kappa shape index (κ2) is 5.42. The Balaban J connectivity index is 1.98. The van der Waals surface area contributed by atoms with Gasteiger partial charge in [-0.05, 0) is 12.1 Å². The van der Waals surface area contributed by atoms with Gasteiger partial charge in [0.2, 0.25) is 5.88 Å². The van der Waals surface area contributed by atoms with Crippen molar-refractivity contribution >= 4 is 33.1 Å². The maximum atomic E-state index is 14.5. The van der Waals surface area contributed by atoms with Crippen molar-refractivity contribution < 1.29 is 31.2 Å². The number of hydrogen-bond donors (Lipinski definition) is 1. The van der Waals surface area contributed by atoms with Gasteiger partial charge in [-0.2, -0.15) is 18.4 Å². The first-order valence-electron chi connectivity index (χ1n) is 6.31. The SMILES string of the molecule is COC1=CC2=NC(S(=O)(=O)Nc3c(F)cccc3F)=N[N+]2(F)C=N1. The van der Waals surface area contributed by atoms with E-state index in [1.807, 2.05) is 0 Å². The smallest absolute Gasteiger partial charge is 0.331 e. The molecule has 0 spiro atoms. The molecule has 0 aromatic heterocycles. The van der Waals surface area contributed by atoms with Crippen LogP contribution in [0.5, 0.6) is 0 Å². The molecular weight excluding hydrogens is 351 g/mol. The molecule has 0 bridgehead atoms. The summed E-state index contributed by atoms with van der Waals surface area (Å²) in [5.41, 5.74) is -0.919. The van der Waals surface area contributed by atoms with E-state index in [-0.39, 0.29) is 5.88 Å². The van der Waals surface area contributed by atoms with Crippen molar-refractivity contribution in [1.82, 2.24) is 0 Å². The zero-order valence-electron chi connectivity index (χ0n) is 11.9. The van der Waals surface area contributed by atoms with Gasteiger partial charge in [-0.1, -0.05) is 6.07 Å². The Morgan fingerprint density at radius 1 is 1.25 bits per heavy atom. The van der Waals surface area contributed by atoms with Crippen molar-refractivity contribution in [3.63, 3.8) is 0 Å². The molecule has 0 fully saturated rings. The fraction of sp³-hybridized carbons (Fsp3) is 0.0833. The van der Waals surface area contributed by atoms with E-state index in [1.54, 1.807) is 4.72 Å². The Labute approximate surface area is 133 Å². The maximum absolute atomic E-state index is 14.5. The highest BCUT2D eigenvalue weighted by atomic mass is 32.2. The molecule has 0 saturated carbocycles. The molecule has 1 aromatic rings. The zero-order valence-corrected chi connectivity index (χ0v) is 12.8. The van der Waals surface area contributed by atoms with Crippen molar-refractivity contribution in [2.24, 2.45) is 15.1 Å². The fourth-order valence-corrected chi connectivity index (χ4v) is 2.85. The number of nitrogens with zero attached hydrogens (tertiary/aromatic N) is 4. The lowest BCUT2D eigenvalue weighted by atomic mass is 10.3. The molecule has 1 N–H and O–H groups in total. The summed E-state index contributed by atoms with van der Waals surface area (Å²) in [4.78, 5) is 5.25. The largest absolute Gasteiger partial charge is 0.481 e. The maximum Gasteiger partial charge on any atom is 0.331 e. The number of nitrogens with one attached hydrogen (secondary N) is 1. The van der Waals surface area contributed by atoms with Crippen molar-refractivity contribution in [2.45, 2.75) is 0 Å². The van der Waals surface area contributed by atoms with E-state index >= 15 is 0 Å². The van der Waals surface area contributed by atoms with Crippen molar-refractivity contribution in [1.29, 1.82) is 0 Å². The summed E-state index contributed by atoms with van der Waals surface area (Å²) in [6.07, 6.45) is 1.69. The number of anilines is 1. The van der Waals surface area contributed by atoms with Gasteiger partial charge < -0.3 is 4.74 Å². The predicted molar refractivity (Wildman–Crippen MR) is 78.7 cm³/mol. The molecule has 1 unspecified atom stereocenters. The van der Waals surface area contributed by atoms with Crippen LogP contribution in [-0.2, 0) is 14.8 Å². The summed E-state index contributed by atoms with van der Waals surface area (Å²) in [7, 11) is -3.36. The Morgan fingerprint density at radius 3 is 2.54 bits per heavy atom. The van der Waals surface area contributed by atoms with Gasteiger partial charge in [0, 0.05) is 9.58 Å². The van der Waals surface area contributed by atoms with E-state index in [4.69, 9.17) is 4.74 Å². The van der Waals surface area contributed by atoms with Crippen molar-refractivity contribution in [2.75, 3.05) is 11.8 Å². The third-order valence-corrected chi connectivity index (χ3v) is 4.13. The summed E-state index contributed by atoms with van der Waals surface area (Å²) >= 11 is 0. The molecule has 2 aliphatic rings. The minimum atomic E-state index is -4.63. The van der Waals surface area contributed by atoms with Crippen LogP contribution < -0.4 is 4.72 Å². The van der Waals surface area contributed by atoms with Crippen LogP contribution in [0.1, 0.15) is 0 Å². The van der Waals surface area contributed by atoms with Crippen LogP contribution in [0.15, 0.2) is 45.2 Å². The molecule has 0 aliphatic carbocycles. The van der Waals surface area contributed by atoms with Crippen molar-refractivity contribution in [3.8, 4) is 0 Å². The molecule has 8 nitrogen and oxygen atoms in total. The first-order valence-corrected chi connectivity index (χ1v) is 7.79. The number of fused-ring (bicyclic) bond motifs is 1. The lowest BCUT2D eigenvalue weighted by Gasteiger charge is -2.11. The second-order valence-corrected chi connectivity index (χ2v) is 6.16. The average molecular weight is 360 g/mol. The second-order valence-electron chi connectivity index (χ2n) is 4.59. The minimum absolute atomic E-state index is 0.0119. The number of quaternary nitrogens is 1. The number of halogens is 3. The summed E-state index contributed by atoms with van der Waals surface area (Å²) in [5.74, 6) is -2.73. The van der Waals surface area contributed by atoms with Crippen LogP contribution in [0.2, 0.25) is 0 Å². The summed E-state index contributed by atoms with van der Waals surface area (Å²) in [5, 5.41) is 2.28. The van der Waals surface area contributed by atoms with Gasteiger partial charge in [0.05, 0.1) is 18.0 Å². The summed E-state index contributed by atoms with van der Waals surface area (Å²) in [6.45, 7) is 0. The van der Waals surface area contributed by atoms with Crippen LogP contribution in [0.4, 0.5) is 18.9 Å². The molecule has 2 aliphatic heterocycles. The van der Waals surface area contributed by atoms with Crippen LogP contribution in [0.25, 0.3) is 0 Å². The Bertz CT molecular complexity index is 921. The van der Waals surface area contributed by atoms with E-state index in [2.05, 4.69) is 15.1 Å². The van der Waals surface area contributed by atoms with Crippen LogP contribution in [-0.4, -0.2) is 37.7 Å². The number of aliphatic imine (C=N–C) groups is 2. The number of hydrogen-bond acceptors (Lipinski definition) is 6. The number of methoxy groups -OCH3 is 1. The Morgan fingerprint density at radius 2 is 1.92 bits per heavy atom. The molecule has 1 atom stereocenters. The molecular formula is C12H9F3N5O3S+. The number of amidine groups is 2. The lowest BCUT2D eigenvalue weighted by molar-refractivity contribution is -0.899. The summed E-state index contributed by atoms with van der Waals surface area (Å²) in [6, 6.07) is 2.78. The van der Waals surface area contributed by atoms with Gasteiger partial charge in [0.25, 0.3) is 6.34 Å². The lowest BCUT2D eigenvalue weighted by Crippen LogP contribution is -2.37. The molecule has 24 heavy (non-hydrogen) atoms. The molecule has 0 radical (unpaired) electrons. The number of sulfonamides is 1. The fourth-order valence-electron chi connectivity index (χ4n) is 1.86. The topological polar surface area (TPSA) is 92.5 Å². The predicted octanol–water partition coefficient (Wildman–Crippen LogP) is 1.62. The first kappa shape index (κ1) is 16.1. The van der Waals surface area contributed by atoms with Gasteiger partial charge in [-0.25, -0.2) is 8.78 Å². The highest BCUT2D eigenvalue weighted by Gasteiger charge is 2.47. The highest BCUT2D eigenvalue weighted by Crippen LogP contribution is 2.26. The third kappa shape index (κ3) is 2.65. The van der Waals surface area contributed by atoms with Gasteiger partial charge in [-0.15, -0.1) is 0 Å². The van der Waals surface area contributed by atoms with Crippen LogP contribution in [0, 0.1) is 11.6 Å². The number of ether oxygens (including phenoxy) is 1. The van der Waals surface area contributed by atoms with E-state index in [1.165, 1.54) is 7.11 Å². The van der Waals surface area contributed by atoms with Gasteiger partial charge >= 0.3 is 21.0 Å². The molecule has 2 heterocycles. The standard InChI is InChI=1S/C12H9F3N5O3S/c1-23-10-5-9-17-12(18-20(9,15)6-16-10)24(21,22)19-11-7(13)3-2-4-8(11)14/h2-6,19H,1H3/q+1. The molecule has 1 aromatic carbocycles. The van der Waals surface area contributed by atoms with E-state index in [0.717, 1.165) is 24.3 Å². The monoisotopic (exact) mass is 360 g/mol. The van der Waals surface area contributed by atoms with Gasteiger partial charge in [-0.3, -0.25) is 4.72 Å². The zero-order chi connectivity index (χ0) is 17.5.